The Hall–Kier alpha value is -2.79. The lowest BCUT2D eigenvalue weighted by Crippen LogP contribution is -2.29. The minimum absolute atomic E-state index is 0.170. The smallest absolute Gasteiger partial charge is 0.250 e. The van der Waals surface area contributed by atoms with Crippen molar-refractivity contribution < 1.29 is 8.91 Å². The van der Waals surface area contributed by atoms with Crippen molar-refractivity contribution in [3.63, 3.8) is 0 Å². The van der Waals surface area contributed by atoms with Crippen LogP contribution in [0.15, 0.2) is 58.6 Å². The summed E-state index contributed by atoms with van der Waals surface area (Å²) >= 11 is 0. The lowest BCUT2D eigenvalue weighted by atomic mass is 9.78. The number of aryl methyl sites for hydroxylation is 1. The Morgan fingerprint density at radius 1 is 1.10 bits per heavy atom. The Morgan fingerprint density at radius 3 is 2.50 bits per heavy atom. The molecule has 0 radical (unpaired) electrons. The van der Waals surface area contributed by atoms with Crippen LogP contribution >= 0.6 is 0 Å². The third-order valence-electron chi connectivity index (χ3n) is 5.94. The highest BCUT2D eigenvalue weighted by atomic mass is 19.1. The van der Waals surface area contributed by atoms with Gasteiger partial charge >= 0.3 is 0 Å². The number of hydrogen-bond donors (Lipinski definition) is 0. The Morgan fingerprint density at radius 2 is 1.83 bits per heavy atom. The average molecular weight is 406 g/mol. The number of halogens is 1. The third kappa shape index (κ3) is 4.68. The molecule has 1 atom stereocenters. The van der Waals surface area contributed by atoms with E-state index >= 15 is 0 Å². The summed E-state index contributed by atoms with van der Waals surface area (Å²) < 4.78 is 19.2. The summed E-state index contributed by atoms with van der Waals surface area (Å²) in [5.74, 6) is 1.50. The van der Waals surface area contributed by atoms with Gasteiger partial charge in [-0.2, -0.15) is 4.98 Å². The zero-order valence-electron chi connectivity index (χ0n) is 17.8. The SMILES string of the molecule is Cc1ccc(-c2noc(C=C3CCC(C(c4cccc(F)c4)N(C)C)CC3)n2)cc1. The Bertz CT molecular complexity index is 1010. The molecule has 4 nitrogen and oxygen atoms in total. The molecule has 0 spiro atoms. The fourth-order valence-corrected chi connectivity index (χ4v) is 4.44. The van der Waals surface area contributed by atoms with Gasteiger partial charge in [0, 0.05) is 17.7 Å². The molecule has 1 aliphatic carbocycles. The first-order valence-corrected chi connectivity index (χ1v) is 10.5. The van der Waals surface area contributed by atoms with E-state index in [1.165, 1.54) is 17.2 Å². The van der Waals surface area contributed by atoms with E-state index in [0.29, 0.717) is 17.6 Å². The van der Waals surface area contributed by atoms with Crippen molar-refractivity contribution in [1.82, 2.24) is 15.0 Å². The second kappa shape index (κ2) is 8.92. The van der Waals surface area contributed by atoms with Crippen LogP contribution in [0, 0.1) is 18.7 Å². The lowest BCUT2D eigenvalue weighted by Gasteiger charge is -2.36. The zero-order chi connectivity index (χ0) is 21.1. The van der Waals surface area contributed by atoms with E-state index in [4.69, 9.17) is 4.52 Å². The summed E-state index contributed by atoms with van der Waals surface area (Å²) in [5, 5.41) is 4.12. The van der Waals surface area contributed by atoms with Crippen molar-refractivity contribution in [2.45, 2.75) is 38.6 Å². The monoisotopic (exact) mass is 405 g/mol. The molecule has 0 aliphatic heterocycles. The van der Waals surface area contributed by atoms with E-state index < -0.39 is 0 Å². The first-order valence-electron chi connectivity index (χ1n) is 10.5. The highest BCUT2D eigenvalue weighted by molar-refractivity contribution is 5.56. The van der Waals surface area contributed by atoms with E-state index in [-0.39, 0.29) is 11.9 Å². The highest BCUT2D eigenvalue weighted by Gasteiger charge is 2.28. The second-order valence-electron chi connectivity index (χ2n) is 8.43. The van der Waals surface area contributed by atoms with Crippen LogP contribution in [0.5, 0.6) is 0 Å². The highest BCUT2D eigenvalue weighted by Crippen LogP contribution is 2.39. The first kappa shape index (κ1) is 20.5. The molecule has 1 heterocycles. The molecule has 156 valence electrons. The van der Waals surface area contributed by atoms with Gasteiger partial charge in [-0.3, -0.25) is 0 Å². The molecular formula is C25H28FN3O. The summed E-state index contributed by atoms with van der Waals surface area (Å²) in [6.45, 7) is 2.06. The van der Waals surface area contributed by atoms with Gasteiger partial charge in [0.25, 0.3) is 5.89 Å². The van der Waals surface area contributed by atoms with Crippen LogP contribution < -0.4 is 0 Å². The van der Waals surface area contributed by atoms with Gasteiger partial charge in [-0.15, -0.1) is 0 Å². The molecule has 0 saturated heterocycles. The normalized spacial score (nSPS) is 17.9. The Balaban J connectivity index is 1.44. The van der Waals surface area contributed by atoms with E-state index in [2.05, 4.69) is 36.1 Å². The number of hydrogen-bond acceptors (Lipinski definition) is 4. The van der Waals surface area contributed by atoms with E-state index in [9.17, 15) is 4.39 Å². The van der Waals surface area contributed by atoms with Crippen molar-refractivity contribution in [2.75, 3.05) is 14.1 Å². The molecule has 2 aromatic carbocycles. The molecule has 0 amide bonds. The maximum Gasteiger partial charge on any atom is 0.250 e. The average Bonchev–Trinajstić information content (AvgIpc) is 3.18. The topological polar surface area (TPSA) is 42.2 Å². The van der Waals surface area contributed by atoms with Crippen LogP contribution in [0.1, 0.15) is 48.7 Å². The lowest BCUT2D eigenvalue weighted by molar-refractivity contribution is 0.183. The maximum atomic E-state index is 13.8. The van der Waals surface area contributed by atoms with Gasteiger partial charge in [0.15, 0.2) is 0 Å². The Labute approximate surface area is 177 Å². The molecule has 0 N–H and O–H groups in total. The van der Waals surface area contributed by atoms with E-state index in [1.807, 2.05) is 36.4 Å². The molecule has 30 heavy (non-hydrogen) atoms. The number of aromatic nitrogens is 2. The summed E-state index contributed by atoms with van der Waals surface area (Å²) in [4.78, 5) is 6.75. The van der Waals surface area contributed by atoms with Gasteiger partial charge in [0.1, 0.15) is 5.82 Å². The van der Waals surface area contributed by atoms with Crippen LogP contribution in [0.3, 0.4) is 0 Å². The van der Waals surface area contributed by atoms with Gasteiger partial charge < -0.3 is 9.42 Å². The van der Waals surface area contributed by atoms with Gasteiger partial charge in [0.05, 0.1) is 0 Å². The van der Waals surface area contributed by atoms with Gasteiger partial charge in [-0.05, 0) is 70.3 Å². The van der Waals surface area contributed by atoms with Crippen molar-refractivity contribution >= 4 is 6.08 Å². The molecule has 1 aliphatic rings. The molecule has 1 saturated carbocycles. The molecular weight excluding hydrogens is 377 g/mol. The number of allylic oxidation sites excluding steroid dienone is 1. The van der Waals surface area contributed by atoms with Gasteiger partial charge in [0.2, 0.25) is 5.82 Å². The van der Waals surface area contributed by atoms with Crippen LogP contribution in [0.25, 0.3) is 17.5 Å². The molecule has 1 unspecified atom stereocenters. The van der Waals surface area contributed by atoms with Crippen molar-refractivity contribution in [3.05, 3.63) is 76.9 Å². The molecule has 1 fully saturated rings. The summed E-state index contributed by atoms with van der Waals surface area (Å²) in [5.41, 5.74) is 4.55. The molecule has 1 aromatic heterocycles. The predicted octanol–water partition coefficient (Wildman–Crippen LogP) is 6.06. The summed E-state index contributed by atoms with van der Waals surface area (Å²) in [6, 6.07) is 15.3. The number of nitrogens with zero attached hydrogens (tertiary/aromatic N) is 3. The van der Waals surface area contributed by atoms with Crippen LogP contribution in [0.4, 0.5) is 4.39 Å². The Kier molecular flexibility index (Phi) is 6.09. The van der Waals surface area contributed by atoms with Gasteiger partial charge in [-0.25, -0.2) is 4.39 Å². The molecule has 3 aromatic rings. The fourth-order valence-electron chi connectivity index (χ4n) is 4.44. The molecule has 0 bridgehead atoms. The summed E-state index contributed by atoms with van der Waals surface area (Å²) in [7, 11) is 4.15. The quantitative estimate of drug-likeness (QED) is 0.517. The molecule has 5 heteroatoms. The van der Waals surface area contributed by atoms with E-state index in [0.717, 1.165) is 36.8 Å². The second-order valence-corrected chi connectivity index (χ2v) is 8.43. The largest absolute Gasteiger partial charge is 0.334 e. The zero-order valence-corrected chi connectivity index (χ0v) is 17.8. The van der Waals surface area contributed by atoms with Crippen LogP contribution in [-0.4, -0.2) is 29.1 Å². The van der Waals surface area contributed by atoms with E-state index in [1.54, 1.807) is 12.1 Å². The van der Waals surface area contributed by atoms with Crippen molar-refractivity contribution in [2.24, 2.45) is 5.92 Å². The predicted molar refractivity (Wildman–Crippen MR) is 117 cm³/mol. The van der Waals surface area contributed by atoms with Crippen molar-refractivity contribution in [1.29, 1.82) is 0 Å². The summed E-state index contributed by atoms with van der Waals surface area (Å²) in [6.07, 6.45) is 6.14. The number of rotatable bonds is 5. The van der Waals surface area contributed by atoms with Crippen molar-refractivity contribution in [3.8, 4) is 11.4 Å². The van der Waals surface area contributed by atoms with Crippen LogP contribution in [0.2, 0.25) is 0 Å². The van der Waals surface area contributed by atoms with Crippen LogP contribution in [-0.2, 0) is 0 Å². The number of benzene rings is 2. The maximum absolute atomic E-state index is 13.8. The minimum Gasteiger partial charge on any atom is -0.334 e. The fraction of sp³-hybridized carbons (Fsp3) is 0.360. The molecule has 4 rings (SSSR count). The first-order chi connectivity index (χ1) is 14.5. The van der Waals surface area contributed by atoms with Gasteiger partial charge in [-0.1, -0.05) is 52.7 Å². The standard InChI is InChI=1S/C25H28FN3O/c1-17-7-11-20(12-8-17)25-27-23(30-28-25)15-18-9-13-19(14-10-18)24(29(2)3)21-5-4-6-22(26)16-21/h4-8,11-12,15-16,19,24H,9-10,13-14H2,1-3H3. The minimum atomic E-state index is -0.170. The third-order valence-corrected chi connectivity index (χ3v) is 5.94.